The average Bonchev–Trinajstić information content (AvgIpc) is 2.55. The van der Waals surface area contributed by atoms with E-state index < -0.39 is 22.5 Å². The van der Waals surface area contributed by atoms with Crippen molar-refractivity contribution < 1.29 is 13.2 Å². The summed E-state index contributed by atoms with van der Waals surface area (Å²) in [6.45, 7) is 1.70. The van der Waals surface area contributed by atoms with Gasteiger partial charge in [0.2, 0.25) is 0 Å². The van der Waals surface area contributed by atoms with E-state index in [9.17, 15) is 13.2 Å². The third kappa shape index (κ3) is 4.24. The first-order valence-electron chi connectivity index (χ1n) is 7.22. The predicted octanol–water partition coefficient (Wildman–Crippen LogP) is 2.96. The Kier molecular flexibility index (Phi) is 5.80. The van der Waals surface area contributed by atoms with Crippen molar-refractivity contribution in [2.45, 2.75) is 25.1 Å². The molecule has 0 atom stereocenters. The van der Waals surface area contributed by atoms with Crippen molar-refractivity contribution in [2.24, 2.45) is 0 Å². The highest BCUT2D eigenvalue weighted by Crippen LogP contribution is 2.35. The van der Waals surface area contributed by atoms with E-state index in [0.29, 0.717) is 0 Å². The van der Waals surface area contributed by atoms with Gasteiger partial charge in [0, 0.05) is 24.0 Å². The Morgan fingerprint density at radius 2 is 2.12 bits per heavy atom. The van der Waals surface area contributed by atoms with E-state index in [2.05, 4.69) is 15.6 Å². The molecule has 1 aromatic rings. The Labute approximate surface area is 142 Å². The second-order valence-electron chi connectivity index (χ2n) is 5.27. The van der Waals surface area contributed by atoms with E-state index in [0.717, 1.165) is 38.2 Å². The molecular weight excluding hydrogens is 343 g/mol. The van der Waals surface area contributed by atoms with Gasteiger partial charge in [-0.05, 0) is 32.0 Å². The van der Waals surface area contributed by atoms with Crippen molar-refractivity contribution >= 4 is 23.4 Å². The first-order chi connectivity index (χ1) is 11.4. The maximum atomic E-state index is 13.1. The molecule has 5 nitrogen and oxygen atoms in total. The second-order valence-corrected chi connectivity index (χ2v) is 5.62. The van der Waals surface area contributed by atoms with Gasteiger partial charge in [-0.1, -0.05) is 11.6 Å². The second kappa shape index (κ2) is 7.64. The lowest BCUT2D eigenvalue weighted by Crippen LogP contribution is -2.37. The number of allylic oxidation sites excluding steroid dienone is 1. The maximum Gasteiger partial charge on any atom is 0.417 e. The molecule has 1 saturated heterocycles. The Bertz CT molecular complexity index is 688. The molecule has 2 heterocycles. The van der Waals surface area contributed by atoms with Gasteiger partial charge in [0.15, 0.2) is 0 Å². The van der Waals surface area contributed by atoms with Gasteiger partial charge in [0.1, 0.15) is 16.8 Å². The Hall–Kier alpha value is -2.11. The van der Waals surface area contributed by atoms with Crippen LogP contribution in [0.4, 0.5) is 13.2 Å². The van der Waals surface area contributed by atoms with Crippen LogP contribution in [-0.4, -0.2) is 30.3 Å². The minimum Gasteiger partial charge on any atom is -0.387 e. The summed E-state index contributed by atoms with van der Waals surface area (Å²) in [6.07, 6.45) is -0.622. The van der Waals surface area contributed by atoms with Gasteiger partial charge < -0.3 is 16.0 Å². The van der Waals surface area contributed by atoms with Crippen molar-refractivity contribution in [1.82, 2.24) is 15.6 Å². The fourth-order valence-electron chi connectivity index (χ4n) is 2.38. The molecule has 9 heteroatoms. The lowest BCUT2D eigenvalue weighted by Gasteiger charge is -2.23. The van der Waals surface area contributed by atoms with Crippen LogP contribution in [-0.2, 0) is 6.18 Å². The molecule has 0 amide bonds. The lowest BCUT2D eigenvalue weighted by atomic mass is 10.1. The summed E-state index contributed by atoms with van der Waals surface area (Å²) < 4.78 is 39.3. The summed E-state index contributed by atoms with van der Waals surface area (Å²) in [5, 5.41) is 22.1. The van der Waals surface area contributed by atoms with E-state index in [1.54, 1.807) is 0 Å². The van der Waals surface area contributed by atoms with Gasteiger partial charge in [-0.15, -0.1) is 0 Å². The Balaban J connectivity index is 2.36. The van der Waals surface area contributed by atoms with Crippen LogP contribution in [0, 0.1) is 16.7 Å². The van der Waals surface area contributed by atoms with Crippen LogP contribution < -0.4 is 10.6 Å². The molecule has 0 radical (unpaired) electrons. The summed E-state index contributed by atoms with van der Waals surface area (Å²) in [6, 6.07) is 2.34. The lowest BCUT2D eigenvalue weighted by molar-refractivity contribution is -0.137. The summed E-state index contributed by atoms with van der Waals surface area (Å²) in [7, 11) is 0. The monoisotopic (exact) mass is 357 g/mol. The number of piperidine rings is 1. The average molecular weight is 358 g/mol. The van der Waals surface area contributed by atoms with Crippen molar-refractivity contribution in [3.63, 3.8) is 0 Å². The van der Waals surface area contributed by atoms with Gasteiger partial charge >= 0.3 is 6.18 Å². The summed E-state index contributed by atoms with van der Waals surface area (Å²) in [5.74, 6) is 0. The van der Waals surface area contributed by atoms with E-state index in [1.807, 2.05) is 0 Å². The number of hydrogen-bond acceptors (Lipinski definition) is 5. The zero-order valence-corrected chi connectivity index (χ0v) is 13.3. The SMILES string of the molecule is N#Cc1c(C(F)(F)F)cc(/C(C=N)=C/NC2CCNCC2)nc1Cl. The molecule has 2 rings (SSSR count). The van der Waals surface area contributed by atoms with Crippen molar-refractivity contribution in [3.05, 3.63) is 34.2 Å². The van der Waals surface area contributed by atoms with Gasteiger partial charge in [-0.2, -0.15) is 18.4 Å². The molecule has 0 saturated carbocycles. The number of nitriles is 1. The smallest absolute Gasteiger partial charge is 0.387 e. The zero-order chi connectivity index (χ0) is 17.7. The number of halogens is 4. The van der Waals surface area contributed by atoms with Crippen molar-refractivity contribution in [3.8, 4) is 6.07 Å². The quantitative estimate of drug-likeness (QED) is 0.571. The van der Waals surface area contributed by atoms with Gasteiger partial charge in [0.25, 0.3) is 0 Å². The number of nitrogens with zero attached hydrogens (tertiary/aromatic N) is 2. The highest BCUT2D eigenvalue weighted by atomic mass is 35.5. The van der Waals surface area contributed by atoms with E-state index in [1.165, 1.54) is 12.3 Å². The van der Waals surface area contributed by atoms with Crippen molar-refractivity contribution in [1.29, 1.82) is 10.7 Å². The molecule has 1 aromatic heterocycles. The van der Waals surface area contributed by atoms with Crippen molar-refractivity contribution in [2.75, 3.05) is 13.1 Å². The van der Waals surface area contributed by atoms with Crippen LogP contribution in [0.15, 0.2) is 12.3 Å². The highest BCUT2D eigenvalue weighted by molar-refractivity contribution is 6.30. The molecule has 0 aromatic carbocycles. The summed E-state index contributed by atoms with van der Waals surface area (Å²) in [5.41, 5.74) is -1.83. The van der Waals surface area contributed by atoms with Crippen LogP contribution in [0.5, 0.6) is 0 Å². The number of rotatable bonds is 4. The maximum absolute atomic E-state index is 13.1. The Morgan fingerprint density at radius 1 is 1.46 bits per heavy atom. The first kappa shape index (κ1) is 18.2. The molecule has 1 aliphatic heterocycles. The van der Waals surface area contributed by atoms with Crippen LogP contribution in [0.25, 0.3) is 5.57 Å². The fourth-order valence-corrected chi connectivity index (χ4v) is 2.61. The highest BCUT2D eigenvalue weighted by Gasteiger charge is 2.35. The normalized spacial score (nSPS) is 16.5. The van der Waals surface area contributed by atoms with Gasteiger partial charge in [-0.25, -0.2) is 4.98 Å². The first-order valence-corrected chi connectivity index (χ1v) is 7.60. The third-order valence-corrected chi connectivity index (χ3v) is 3.93. The summed E-state index contributed by atoms with van der Waals surface area (Å²) in [4.78, 5) is 3.82. The minimum atomic E-state index is -4.73. The van der Waals surface area contributed by atoms with Gasteiger partial charge in [-0.3, -0.25) is 0 Å². The molecule has 128 valence electrons. The minimum absolute atomic E-state index is 0.109. The van der Waals surface area contributed by atoms with Crippen LogP contribution in [0.3, 0.4) is 0 Å². The number of pyridine rings is 1. The third-order valence-electron chi connectivity index (χ3n) is 3.66. The fraction of sp³-hybridized carbons (Fsp3) is 0.400. The number of hydrogen-bond donors (Lipinski definition) is 3. The molecule has 0 unspecified atom stereocenters. The molecule has 3 N–H and O–H groups in total. The molecule has 0 aliphatic carbocycles. The topological polar surface area (TPSA) is 84.6 Å². The Morgan fingerprint density at radius 3 is 2.67 bits per heavy atom. The van der Waals surface area contributed by atoms with Crippen LogP contribution in [0.1, 0.15) is 29.7 Å². The largest absolute Gasteiger partial charge is 0.417 e. The molecule has 24 heavy (non-hydrogen) atoms. The molecule has 1 aliphatic rings. The predicted molar refractivity (Wildman–Crippen MR) is 84.8 cm³/mol. The van der Waals surface area contributed by atoms with Gasteiger partial charge in [0.05, 0.1) is 11.3 Å². The number of alkyl halides is 3. The molecular formula is C15H15ClF3N5. The number of aromatic nitrogens is 1. The molecule has 1 fully saturated rings. The number of nitrogens with one attached hydrogen (secondary N) is 3. The standard InChI is InChI=1S/C15H15ClF3N5/c16-14-11(7-21)12(15(17,18)19)5-13(24-14)9(6-20)8-23-10-1-3-22-4-2-10/h5-6,8,10,20,22-23H,1-4H2/b9-8+,20-6?. The van der Waals surface area contributed by atoms with Crippen LogP contribution >= 0.6 is 11.6 Å². The van der Waals surface area contributed by atoms with E-state index in [4.69, 9.17) is 22.3 Å². The molecule has 0 spiro atoms. The summed E-state index contributed by atoms with van der Waals surface area (Å²) >= 11 is 5.73. The van der Waals surface area contributed by atoms with Crippen LogP contribution in [0.2, 0.25) is 5.15 Å². The van der Waals surface area contributed by atoms with E-state index in [-0.39, 0.29) is 17.3 Å². The molecule has 0 bridgehead atoms. The van der Waals surface area contributed by atoms with E-state index >= 15 is 0 Å². The zero-order valence-electron chi connectivity index (χ0n) is 12.5.